The largest absolute Gasteiger partial charge is 0.390 e. The summed E-state index contributed by atoms with van der Waals surface area (Å²) in [7, 11) is 0. The lowest BCUT2D eigenvalue weighted by Gasteiger charge is -2.12. The van der Waals surface area contributed by atoms with Crippen molar-refractivity contribution in [2.75, 3.05) is 0 Å². The smallest absolute Gasteiger partial charge is 0.364 e. The SMILES string of the molecule is C=Cc1ccc(-c2ncn(CCC(F)(F)F)c2-c2ccc3ncc(C(N)=O)n3n2)cc1Cl. The van der Waals surface area contributed by atoms with E-state index in [4.69, 9.17) is 17.3 Å². The van der Waals surface area contributed by atoms with Gasteiger partial charge in [0.05, 0.1) is 30.3 Å². The van der Waals surface area contributed by atoms with Crippen LogP contribution < -0.4 is 5.73 Å². The molecular weight excluding hydrogens is 445 g/mol. The highest BCUT2D eigenvalue weighted by molar-refractivity contribution is 6.32. The summed E-state index contributed by atoms with van der Waals surface area (Å²) in [6.07, 6.45) is -1.21. The summed E-state index contributed by atoms with van der Waals surface area (Å²) in [5, 5.41) is 4.83. The molecule has 2 N–H and O–H groups in total. The Bertz CT molecular complexity index is 1340. The van der Waals surface area contributed by atoms with Crippen LogP contribution in [0, 0.1) is 0 Å². The zero-order valence-corrected chi connectivity index (χ0v) is 17.2. The van der Waals surface area contributed by atoms with Crippen molar-refractivity contribution in [3.8, 4) is 22.6 Å². The highest BCUT2D eigenvalue weighted by atomic mass is 35.5. The fourth-order valence-electron chi connectivity index (χ4n) is 3.29. The predicted octanol–water partition coefficient (Wildman–Crippen LogP) is 4.61. The summed E-state index contributed by atoms with van der Waals surface area (Å²) in [5.74, 6) is -0.736. The van der Waals surface area contributed by atoms with Gasteiger partial charge in [0, 0.05) is 17.1 Å². The Hall–Kier alpha value is -3.66. The number of hydrogen-bond acceptors (Lipinski definition) is 4. The summed E-state index contributed by atoms with van der Waals surface area (Å²) in [4.78, 5) is 20.1. The van der Waals surface area contributed by atoms with Crippen LogP contribution in [-0.4, -0.2) is 36.2 Å². The number of imidazole rings is 2. The van der Waals surface area contributed by atoms with E-state index in [9.17, 15) is 18.0 Å². The van der Waals surface area contributed by atoms with Gasteiger partial charge >= 0.3 is 6.18 Å². The van der Waals surface area contributed by atoms with Gasteiger partial charge in [0.2, 0.25) is 0 Å². The number of rotatable bonds is 6. The number of aromatic nitrogens is 5. The van der Waals surface area contributed by atoms with Crippen LogP contribution in [0.25, 0.3) is 34.4 Å². The third-order valence-electron chi connectivity index (χ3n) is 4.83. The van der Waals surface area contributed by atoms with Gasteiger partial charge in [0.25, 0.3) is 5.91 Å². The van der Waals surface area contributed by atoms with E-state index >= 15 is 0 Å². The maximum absolute atomic E-state index is 12.9. The molecule has 0 unspecified atom stereocenters. The second-order valence-electron chi connectivity index (χ2n) is 6.94. The fourth-order valence-corrected chi connectivity index (χ4v) is 3.54. The van der Waals surface area contributed by atoms with Crippen LogP contribution in [0.3, 0.4) is 0 Å². The van der Waals surface area contributed by atoms with Crippen molar-refractivity contribution in [3.05, 3.63) is 65.7 Å². The Labute approximate surface area is 185 Å². The number of aryl methyl sites for hydroxylation is 1. The molecule has 0 aliphatic carbocycles. The molecule has 0 atom stereocenters. The topological polar surface area (TPSA) is 91.1 Å². The van der Waals surface area contributed by atoms with Gasteiger partial charge in [-0.15, -0.1) is 0 Å². The van der Waals surface area contributed by atoms with Crippen LogP contribution >= 0.6 is 11.6 Å². The Morgan fingerprint density at radius 2 is 2.00 bits per heavy atom. The Balaban J connectivity index is 1.90. The Morgan fingerprint density at radius 3 is 2.66 bits per heavy atom. The molecule has 0 bridgehead atoms. The summed E-state index contributed by atoms with van der Waals surface area (Å²) in [6, 6.07) is 8.32. The molecule has 1 aromatic carbocycles. The van der Waals surface area contributed by atoms with Crippen LogP contribution in [0.1, 0.15) is 22.5 Å². The number of nitrogens with two attached hydrogens (primary N) is 1. The lowest BCUT2D eigenvalue weighted by atomic mass is 10.1. The first-order valence-electron chi connectivity index (χ1n) is 9.37. The summed E-state index contributed by atoms with van der Waals surface area (Å²) < 4.78 is 41.3. The molecule has 3 heterocycles. The highest BCUT2D eigenvalue weighted by Gasteiger charge is 2.28. The van der Waals surface area contributed by atoms with Crippen LogP contribution in [0.4, 0.5) is 13.2 Å². The molecule has 1 amide bonds. The molecule has 11 heteroatoms. The Morgan fingerprint density at radius 1 is 1.22 bits per heavy atom. The van der Waals surface area contributed by atoms with Gasteiger partial charge in [-0.05, 0) is 23.8 Å². The highest BCUT2D eigenvalue weighted by Crippen LogP contribution is 2.34. The molecule has 0 saturated carbocycles. The van der Waals surface area contributed by atoms with E-state index in [2.05, 4.69) is 21.6 Å². The number of carbonyl (C=O) groups is 1. The van der Waals surface area contributed by atoms with Gasteiger partial charge in [-0.25, -0.2) is 14.5 Å². The molecule has 0 radical (unpaired) electrons. The number of alkyl halides is 3. The van der Waals surface area contributed by atoms with Crippen molar-refractivity contribution < 1.29 is 18.0 Å². The van der Waals surface area contributed by atoms with Gasteiger partial charge in [-0.3, -0.25) is 4.79 Å². The fraction of sp³-hybridized carbons (Fsp3) is 0.143. The zero-order chi connectivity index (χ0) is 23.0. The number of fused-ring (bicyclic) bond motifs is 1. The van der Waals surface area contributed by atoms with Crippen molar-refractivity contribution in [1.82, 2.24) is 24.1 Å². The number of halogens is 4. The van der Waals surface area contributed by atoms with Gasteiger partial charge in [-0.1, -0.05) is 36.4 Å². The third kappa shape index (κ3) is 4.09. The zero-order valence-electron chi connectivity index (χ0n) is 16.5. The second-order valence-corrected chi connectivity index (χ2v) is 7.34. The minimum atomic E-state index is -4.35. The van der Waals surface area contributed by atoms with Crippen molar-refractivity contribution in [2.45, 2.75) is 19.1 Å². The molecule has 164 valence electrons. The molecular formula is C21H16ClF3N6O. The molecule has 0 saturated heterocycles. The predicted molar refractivity (Wildman–Crippen MR) is 114 cm³/mol. The first-order chi connectivity index (χ1) is 15.2. The molecule has 0 aliphatic heterocycles. The first kappa shape index (κ1) is 21.6. The minimum Gasteiger partial charge on any atom is -0.364 e. The quantitative estimate of drug-likeness (QED) is 0.455. The maximum atomic E-state index is 12.9. The average Bonchev–Trinajstić information content (AvgIpc) is 3.35. The average molecular weight is 461 g/mol. The molecule has 0 aliphatic rings. The second kappa shape index (κ2) is 8.12. The molecule has 32 heavy (non-hydrogen) atoms. The van der Waals surface area contributed by atoms with Crippen LogP contribution in [0.2, 0.25) is 5.02 Å². The van der Waals surface area contributed by atoms with Crippen LogP contribution in [0.5, 0.6) is 0 Å². The molecule has 7 nitrogen and oxygen atoms in total. The van der Waals surface area contributed by atoms with Crippen molar-refractivity contribution in [3.63, 3.8) is 0 Å². The maximum Gasteiger partial charge on any atom is 0.390 e. The first-order valence-corrected chi connectivity index (χ1v) is 9.75. The number of nitrogens with zero attached hydrogens (tertiary/aromatic N) is 5. The van der Waals surface area contributed by atoms with Gasteiger partial charge in [0.1, 0.15) is 11.4 Å². The van der Waals surface area contributed by atoms with E-state index < -0.39 is 18.5 Å². The summed E-state index contributed by atoms with van der Waals surface area (Å²) in [6.45, 7) is 3.33. The van der Waals surface area contributed by atoms with Crippen LogP contribution in [-0.2, 0) is 6.54 Å². The molecule has 3 aromatic heterocycles. The lowest BCUT2D eigenvalue weighted by Crippen LogP contribution is -2.15. The van der Waals surface area contributed by atoms with Crippen LogP contribution in [0.15, 0.2) is 49.4 Å². The van der Waals surface area contributed by atoms with E-state index in [1.165, 1.54) is 21.6 Å². The van der Waals surface area contributed by atoms with Gasteiger partial charge < -0.3 is 10.3 Å². The number of amides is 1. The molecule has 0 spiro atoms. The minimum absolute atomic E-state index is 0.0446. The summed E-state index contributed by atoms with van der Waals surface area (Å²) >= 11 is 6.29. The number of primary amides is 1. The molecule has 0 fully saturated rings. The molecule has 4 rings (SSSR count). The lowest BCUT2D eigenvalue weighted by molar-refractivity contribution is -0.136. The van der Waals surface area contributed by atoms with E-state index in [0.29, 0.717) is 33.2 Å². The third-order valence-corrected chi connectivity index (χ3v) is 5.15. The van der Waals surface area contributed by atoms with Gasteiger partial charge in [0.15, 0.2) is 5.65 Å². The van der Waals surface area contributed by atoms with E-state index in [1.54, 1.807) is 36.4 Å². The monoisotopic (exact) mass is 460 g/mol. The Kier molecular flexibility index (Phi) is 5.47. The van der Waals surface area contributed by atoms with Gasteiger partial charge in [-0.2, -0.15) is 18.3 Å². The number of carbonyl (C=O) groups excluding carboxylic acids is 1. The van der Waals surface area contributed by atoms with Crippen molar-refractivity contribution >= 4 is 29.2 Å². The summed E-state index contributed by atoms with van der Waals surface area (Å²) in [5.41, 5.74) is 8.09. The van der Waals surface area contributed by atoms with E-state index in [0.717, 1.165) is 0 Å². The van der Waals surface area contributed by atoms with E-state index in [1.807, 2.05) is 0 Å². The van der Waals surface area contributed by atoms with E-state index in [-0.39, 0.29) is 17.9 Å². The molecule has 4 aromatic rings. The normalized spacial score (nSPS) is 11.8. The number of hydrogen-bond donors (Lipinski definition) is 1. The van der Waals surface area contributed by atoms with Crippen molar-refractivity contribution in [1.29, 1.82) is 0 Å². The standard InChI is InChI=1S/C21H16ClF3N6O/c1-2-12-3-4-13(9-14(12)22)18-19(30(11-28-18)8-7-21(23,24)25)15-5-6-17-27-10-16(20(26)32)31(17)29-15/h2-6,9-11H,1,7-8H2,(H2,26,32). The number of benzene rings is 1. The van der Waals surface area contributed by atoms with Crippen molar-refractivity contribution in [2.24, 2.45) is 5.73 Å².